The van der Waals surface area contributed by atoms with Crippen LogP contribution in [0.4, 0.5) is 17.1 Å². The van der Waals surface area contributed by atoms with Crippen molar-refractivity contribution in [3.05, 3.63) is 64.2 Å². The number of hydrogen-bond donors (Lipinski definition) is 3. The average molecular weight is 356 g/mol. The van der Waals surface area contributed by atoms with Crippen LogP contribution in [0, 0.1) is 10.1 Å². The van der Waals surface area contributed by atoms with Gasteiger partial charge in [0.2, 0.25) is 11.8 Å². The van der Waals surface area contributed by atoms with Gasteiger partial charge >= 0.3 is 0 Å². The van der Waals surface area contributed by atoms with Crippen molar-refractivity contribution in [3.8, 4) is 0 Å². The number of nitro benzene ring substituents is 1. The van der Waals surface area contributed by atoms with Gasteiger partial charge in [0, 0.05) is 23.5 Å². The highest BCUT2D eigenvalue weighted by atomic mass is 16.6. The standard InChI is InChI=1S/C18H20N4O4/c1-2-13-6-3-4-9-16(13)21-18(24)12-20-17(23)11-19-14-7-5-8-15(10-14)22(25)26/h3-10,19H,2,11-12H2,1H3,(H,20,23)(H,21,24). The van der Waals surface area contributed by atoms with E-state index in [1.807, 2.05) is 31.2 Å². The van der Waals surface area contributed by atoms with E-state index in [1.165, 1.54) is 18.2 Å². The van der Waals surface area contributed by atoms with Crippen molar-refractivity contribution in [3.63, 3.8) is 0 Å². The van der Waals surface area contributed by atoms with Crippen LogP contribution in [-0.2, 0) is 16.0 Å². The van der Waals surface area contributed by atoms with E-state index in [9.17, 15) is 19.7 Å². The van der Waals surface area contributed by atoms with Crippen LogP contribution in [0.5, 0.6) is 0 Å². The molecule has 0 aliphatic carbocycles. The first kappa shape index (κ1) is 18.9. The average Bonchev–Trinajstić information content (AvgIpc) is 2.65. The number of aryl methyl sites for hydroxylation is 1. The van der Waals surface area contributed by atoms with Crippen LogP contribution < -0.4 is 16.0 Å². The third-order valence-electron chi connectivity index (χ3n) is 3.63. The maximum atomic E-state index is 12.0. The summed E-state index contributed by atoms with van der Waals surface area (Å²) in [6.07, 6.45) is 0.788. The van der Waals surface area contributed by atoms with Crippen LogP contribution >= 0.6 is 0 Å². The topological polar surface area (TPSA) is 113 Å². The SMILES string of the molecule is CCc1ccccc1NC(=O)CNC(=O)CNc1cccc([N+](=O)[O-])c1. The Bertz CT molecular complexity index is 807. The molecule has 3 N–H and O–H groups in total. The molecule has 2 rings (SSSR count). The van der Waals surface area contributed by atoms with Gasteiger partial charge in [-0.25, -0.2) is 0 Å². The van der Waals surface area contributed by atoms with E-state index in [0.717, 1.165) is 17.7 Å². The molecule has 8 nitrogen and oxygen atoms in total. The predicted octanol–water partition coefficient (Wildman–Crippen LogP) is 2.32. The number of non-ortho nitro benzene ring substituents is 1. The first-order chi connectivity index (χ1) is 12.5. The molecule has 136 valence electrons. The number of rotatable bonds is 8. The normalized spacial score (nSPS) is 10.0. The van der Waals surface area contributed by atoms with E-state index in [-0.39, 0.29) is 24.7 Å². The molecule has 0 aliphatic heterocycles. The molecule has 0 aromatic heterocycles. The molecular formula is C18H20N4O4. The summed E-state index contributed by atoms with van der Waals surface area (Å²) in [5.74, 6) is -0.718. The monoisotopic (exact) mass is 356 g/mol. The van der Waals surface area contributed by atoms with Gasteiger partial charge in [-0.15, -0.1) is 0 Å². The van der Waals surface area contributed by atoms with Gasteiger partial charge < -0.3 is 16.0 Å². The maximum absolute atomic E-state index is 12.0. The minimum Gasteiger partial charge on any atom is -0.376 e. The largest absolute Gasteiger partial charge is 0.376 e. The van der Waals surface area contributed by atoms with E-state index in [1.54, 1.807) is 6.07 Å². The summed E-state index contributed by atoms with van der Waals surface area (Å²) >= 11 is 0. The molecular weight excluding hydrogens is 336 g/mol. The highest BCUT2D eigenvalue weighted by molar-refractivity contribution is 5.95. The van der Waals surface area contributed by atoms with E-state index >= 15 is 0 Å². The molecule has 0 radical (unpaired) electrons. The quantitative estimate of drug-likeness (QED) is 0.496. The fourth-order valence-corrected chi connectivity index (χ4v) is 2.30. The number of amides is 2. The van der Waals surface area contributed by atoms with Crippen LogP contribution in [-0.4, -0.2) is 29.8 Å². The van der Waals surface area contributed by atoms with Gasteiger partial charge in [0.15, 0.2) is 0 Å². The molecule has 0 aliphatic rings. The van der Waals surface area contributed by atoms with E-state index < -0.39 is 10.8 Å². The first-order valence-corrected chi connectivity index (χ1v) is 8.12. The molecule has 0 bridgehead atoms. The van der Waals surface area contributed by atoms with E-state index in [4.69, 9.17) is 0 Å². The fraction of sp³-hybridized carbons (Fsp3) is 0.222. The molecule has 0 saturated carbocycles. The Labute approximate surface area is 150 Å². The molecule has 2 aromatic carbocycles. The summed E-state index contributed by atoms with van der Waals surface area (Å²) in [5, 5.41) is 18.8. The van der Waals surface area contributed by atoms with Gasteiger partial charge in [-0.05, 0) is 24.1 Å². The smallest absolute Gasteiger partial charge is 0.271 e. The lowest BCUT2D eigenvalue weighted by atomic mass is 10.1. The Morgan fingerprint density at radius 1 is 1.04 bits per heavy atom. The van der Waals surface area contributed by atoms with Crippen LogP contribution in [0.15, 0.2) is 48.5 Å². The fourth-order valence-electron chi connectivity index (χ4n) is 2.30. The van der Waals surface area contributed by atoms with Crippen molar-refractivity contribution in [2.75, 3.05) is 23.7 Å². The third kappa shape index (κ3) is 5.59. The van der Waals surface area contributed by atoms with Crippen LogP contribution in [0.2, 0.25) is 0 Å². The Hall–Kier alpha value is -3.42. The third-order valence-corrected chi connectivity index (χ3v) is 3.63. The molecule has 0 fully saturated rings. The molecule has 0 saturated heterocycles. The van der Waals surface area contributed by atoms with Gasteiger partial charge in [0.1, 0.15) is 0 Å². The second-order valence-electron chi connectivity index (χ2n) is 5.50. The van der Waals surface area contributed by atoms with Crippen molar-refractivity contribution < 1.29 is 14.5 Å². The van der Waals surface area contributed by atoms with Crippen molar-refractivity contribution >= 4 is 28.9 Å². The number of carbonyl (C=O) groups is 2. The minimum absolute atomic E-state index is 0.0654. The second kappa shape index (κ2) is 9.16. The molecule has 0 unspecified atom stereocenters. The van der Waals surface area contributed by atoms with E-state index in [0.29, 0.717) is 5.69 Å². The lowest BCUT2D eigenvalue weighted by Gasteiger charge is -2.11. The number of anilines is 2. The Kier molecular flexibility index (Phi) is 6.67. The number of nitrogens with one attached hydrogen (secondary N) is 3. The number of para-hydroxylation sites is 1. The van der Waals surface area contributed by atoms with Crippen molar-refractivity contribution in [2.24, 2.45) is 0 Å². The number of carbonyl (C=O) groups excluding carboxylic acids is 2. The minimum atomic E-state index is -0.510. The Morgan fingerprint density at radius 2 is 1.81 bits per heavy atom. The molecule has 2 aromatic rings. The summed E-state index contributed by atoms with van der Waals surface area (Å²) in [6.45, 7) is 1.74. The molecule has 26 heavy (non-hydrogen) atoms. The highest BCUT2D eigenvalue weighted by Crippen LogP contribution is 2.17. The van der Waals surface area contributed by atoms with Crippen LogP contribution in [0.3, 0.4) is 0 Å². The van der Waals surface area contributed by atoms with Crippen LogP contribution in [0.1, 0.15) is 12.5 Å². The first-order valence-electron chi connectivity index (χ1n) is 8.12. The zero-order valence-electron chi connectivity index (χ0n) is 14.3. The zero-order chi connectivity index (χ0) is 18.9. The Morgan fingerprint density at radius 3 is 2.54 bits per heavy atom. The number of nitrogens with zero attached hydrogens (tertiary/aromatic N) is 1. The summed E-state index contributed by atoms with van der Waals surface area (Å²) in [4.78, 5) is 34.0. The predicted molar refractivity (Wildman–Crippen MR) is 99.0 cm³/mol. The van der Waals surface area contributed by atoms with Crippen molar-refractivity contribution in [1.82, 2.24) is 5.32 Å². The van der Waals surface area contributed by atoms with Crippen molar-refractivity contribution in [2.45, 2.75) is 13.3 Å². The molecule has 2 amide bonds. The van der Waals surface area contributed by atoms with Crippen molar-refractivity contribution in [1.29, 1.82) is 0 Å². The maximum Gasteiger partial charge on any atom is 0.271 e. The summed E-state index contributed by atoms with van der Waals surface area (Å²) in [6, 6.07) is 13.3. The lowest BCUT2D eigenvalue weighted by molar-refractivity contribution is -0.384. The lowest BCUT2D eigenvalue weighted by Crippen LogP contribution is -2.36. The summed E-state index contributed by atoms with van der Waals surface area (Å²) in [5.41, 5.74) is 2.13. The second-order valence-corrected chi connectivity index (χ2v) is 5.50. The van der Waals surface area contributed by atoms with Gasteiger partial charge in [-0.3, -0.25) is 19.7 Å². The van der Waals surface area contributed by atoms with Gasteiger partial charge in [-0.1, -0.05) is 31.2 Å². The number of benzene rings is 2. The highest BCUT2D eigenvalue weighted by Gasteiger charge is 2.09. The molecule has 8 heteroatoms. The number of nitro groups is 1. The van der Waals surface area contributed by atoms with Gasteiger partial charge in [0.25, 0.3) is 5.69 Å². The van der Waals surface area contributed by atoms with Gasteiger partial charge in [-0.2, -0.15) is 0 Å². The molecule has 0 atom stereocenters. The molecule has 0 heterocycles. The number of hydrogen-bond acceptors (Lipinski definition) is 5. The van der Waals surface area contributed by atoms with Gasteiger partial charge in [0.05, 0.1) is 18.0 Å². The van der Waals surface area contributed by atoms with Crippen LogP contribution in [0.25, 0.3) is 0 Å². The molecule has 0 spiro atoms. The summed E-state index contributed by atoms with van der Waals surface area (Å²) < 4.78 is 0. The Balaban J connectivity index is 1.78. The van der Waals surface area contributed by atoms with E-state index in [2.05, 4.69) is 16.0 Å². The zero-order valence-corrected chi connectivity index (χ0v) is 14.3. The summed E-state index contributed by atoms with van der Waals surface area (Å²) in [7, 11) is 0.